The van der Waals surface area contributed by atoms with Crippen molar-refractivity contribution in [2.45, 2.75) is 26.6 Å². The van der Waals surface area contributed by atoms with Crippen LogP contribution in [-0.4, -0.2) is 19.7 Å². The number of sulfonamides is 1. The molecule has 4 aromatic carbocycles. The zero-order valence-corrected chi connectivity index (χ0v) is 25.3. The molecule has 0 bridgehead atoms. The average Bonchev–Trinajstić information content (AvgIpc) is 3.02. The molecule has 0 saturated carbocycles. The van der Waals surface area contributed by atoms with Gasteiger partial charge in [0.2, 0.25) is 10.0 Å². The Bertz CT molecular complexity index is 1850. The van der Waals surface area contributed by atoms with Gasteiger partial charge in [0.05, 0.1) is 18.5 Å². The number of hydrogen-bond donors (Lipinski definition) is 1. The molecule has 0 spiro atoms. The Morgan fingerprint density at radius 1 is 0.818 bits per heavy atom. The SMILES string of the molecule is [C-]#[N+]c1ccc(CN(Cc2ccc(Oc3cccc(OCc4cccnc4)c3)cc2)c2cccc(NS(C)(=O)=O)c2C)cc1. The smallest absolute Gasteiger partial charge is 0.229 e. The minimum Gasteiger partial charge on any atom is -0.489 e. The zero-order valence-electron chi connectivity index (χ0n) is 24.5. The number of ether oxygens (including phenoxy) is 2. The van der Waals surface area contributed by atoms with Gasteiger partial charge < -0.3 is 14.4 Å². The minimum atomic E-state index is -3.44. The van der Waals surface area contributed by atoms with Crippen LogP contribution in [0.1, 0.15) is 22.3 Å². The van der Waals surface area contributed by atoms with Crippen molar-refractivity contribution < 1.29 is 17.9 Å². The third-order valence-electron chi connectivity index (χ3n) is 6.85. The van der Waals surface area contributed by atoms with E-state index in [1.807, 2.05) is 91.9 Å². The lowest BCUT2D eigenvalue weighted by atomic mass is 10.1. The molecule has 0 saturated heterocycles. The normalized spacial score (nSPS) is 10.9. The highest BCUT2D eigenvalue weighted by Crippen LogP contribution is 2.31. The predicted octanol–water partition coefficient (Wildman–Crippen LogP) is 7.89. The number of rotatable bonds is 12. The van der Waals surface area contributed by atoms with Gasteiger partial charge in [-0.25, -0.2) is 13.3 Å². The van der Waals surface area contributed by atoms with E-state index in [4.69, 9.17) is 16.0 Å². The van der Waals surface area contributed by atoms with Crippen molar-refractivity contribution in [1.29, 1.82) is 0 Å². The first-order valence-corrected chi connectivity index (χ1v) is 15.8. The fourth-order valence-electron chi connectivity index (χ4n) is 4.70. The molecule has 5 aromatic rings. The van der Waals surface area contributed by atoms with Gasteiger partial charge in [-0.3, -0.25) is 9.71 Å². The summed E-state index contributed by atoms with van der Waals surface area (Å²) in [4.78, 5) is 9.80. The second-order valence-electron chi connectivity index (χ2n) is 10.3. The highest BCUT2D eigenvalue weighted by molar-refractivity contribution is 7.92. The van der Waals surface area contributed by atoms with Crippen LogP contribution in [0.4, 0.5) is 17.1 Å². The Hall–Kier alpha value is -5.33. The molecule has 0 aliphatic carbocycles. The average molecular weight is 605 g/mol. The lowest BCUT2D eigenvalue weighted by Crippen LogP contribution is -2.23. The Kier molecular flexibility index (Phi) is 9.43. The van der Waals surface area contributed by atoms with Crippen LogP contribution in [-0.2, 0) is 29.7 Å². The van der Waals surface area contributed by atoms with Gasteiger partial charge in [0.25, 0.3) is 0 Å². The Morgan fingerprint density at radius 3 is 2.16 bits per heavy atom. The largest absolute Gasteiger partial charge is 0.489 e. The van der Waals surface area contributed by atoms with Crippen LogP contribution in [0.3, 0.4) is 0 Å². The van der Waals surface area contributed by atoms with Gasteiger partial charge in [-0.15, -0.1) is 0 Å². The second-order valence-corrected chi connectivity index (χ2v) is 12.1. The topological polar surface area (TPSA) is 85.1 Å². The molecule has 0 fully saturated rings. The first-order valence-electron chi connectivity index (χ1n) is 13.9. The van der Waals surface area contributed by atoms with Gasteiger partial charge >= 0.3 is 0 Å². The van der Waals surface area contributed by atoms with Gasteiger partial charge in [-0.2, -0.15) is 0 Å². The van der Waals surface area contributed by atoms with E-state index in [9.17, 15) is 8.42 Å². The molecule has 0 amide bonds. The molecule has 9 heteroatoms. The third kappa shape index (κ3) is 8.37. The lowest BCUT2D eigenvalue weighted by Gasteiger charge is -2.28. The van der Waals surface area contributed by atoms with Crippen molar-refractivity contribution >= 4 is 27.1 Å². The van der Waals surface area contributed by atoms with Crippen LogP contribution >= 0.6 is 0 Å². The number of aromatic nitrogens is 1. The van der Waals surface area contributed by atoms with Crippen molar-refractivity contribution in [3.8, 4) is 17.2 Å². The van der Waals surface area contributed by atoms with Crippen molar-refractivity contribution in [1.82, 2.24) is 4.98 Å². The van der Waals surface area contributed by atoms with Gasteiger partial charge in [0.15, 0.2) is 5.69 Å². The third-order valence-corrected chi connectivity index (χ3v) is 7.44. The molecule has 1 N–H and O–H groups in total. The first kappa shape index (κ1) is 30.1. The Labute approximate surface area is 258 Å². The highest BCUT2D eigenvalue weighted by Gasteiger charge is 2.15. The van der Waals surface area contributed by atoms with Gasteiger partial charge in [-0.1, -0.05) is 54.6 Å². The Morgan fingerprint density at radius 2 is 1.50 bits per heavy atom. The molecule has 1 aromatic heterocycles. The Balaban J connectivity index is 1.32. The second kappa shape index (κ2) is 13.8. The summed E-state index contributed by atoms with van der Waals surface area (Å²) in [7, 11) is -3.44. The van der Waals surface area contributed by atoms with Crippen molar-refractivity contribution in [3.05, 3.63) is 149 Å². The summed E-state index contributed by atoms with van der Waals surface area (Å²) in [6.45, 7) is 10.7. The van der Waals surface area contributed by atoms with Crippen LogP contribution in [0.5, 0.6) is 17.2 Å². The summed E-state index contributed by atoms with van der Waals surface area (Å²) in [5, 5.41) is 0. The lowest BCUT2D eigenvalue weighted by molar-refractivity contribution is 0.304. The molecule has 222 valence electrons. The van der Waals surface area contributed by atoms with Crippen molar-refractivity contribution in [3.63, 3.8) is 0 Å². The fourth-order valence-corrected chi connectivity index (χ4v) is 5.32. The molecule has 0 atom stereocenters. The van der Waals surface area contributed by atoms with Gasteiger partial charge in [0.1, 0.15) is 23.9 Å². The molecule has 5 rings (SSSR count). The number of pyridine rings is 1. The van der Waals surface area contributed by atoms with Crippen molar-refractivity contribution in [2.24, 2.45) is 0 Å². The molecule has 0 aliphatic heterocycles. The maximum absolute atomic E-state index is 12.0. The molecule has 8 nitrogen and oxygen atoms in total. The summed E-state index contributed by atoms with van der Waals surface area (Å²) in [5.74, 6) is 2.05. The molecular formula is C35H32N4O4S. The fraction of sp³-hybridized carbons (Fsp3) is 0.143. The molecule has 44 heavy (non-hydrogen) atoms. The number of benzene rings is 4. The minimum absolute atomic E-state index is 0.416. The van der Waals surface area contributed by atoms with Crippen molar-refractivity contribution in [2.75, 3.05) is 15.9 Å². The van der Waals surface area contributed by atoms with E-state index in [-0.39, 0.29) is 0 Å². The number of anilines is 2. The van der Waals surface area contributed by atoms with Crippen LogP contribution in [0.15, 0.2) is 116 Å². The van der Waals surface area contributed by atoms with Crippen LogP contribution in [0, 0.1) is 13.5 Å². The van der Waals surface area contributed by atoms with E-state index in [2.05, 4.69) is 19.5 Å². The van der Waals surface area contributed by atoms with E-state index < -0.39 is 10.0 Å². The standard InChI is InChI=1S/C35H32N4O4S/c1-26-34(38-44(3,40)41)10-5-11-35(26)39(23-27-12-16-30(36-2)17-13-27)24-28-14-18-31(19-15-28)43-33-9-4-8-32(21-33)42-25-29-7-6-20-37-22-29/h4-22,38H,23-25H2,1,3H3. The summed E-state index contributed by atoms with van der Waals surface area (Å²) in [6.07, 6.45) is 4.65. The quantitative estimate of drug-likeness (QED) is 0.146. The molecule has 0 unspecified atom stereocenters. The summed E-state index contributed by atoms with van der Waals surface area (Å²) in [6, 6.07) is 32.3. The number of nitrogens with one attached hydrogen (secondary N) is 1. The maximum Gasteiger partial charge on any atom is 0.229 e. The van der Waals surface area contributed by atoms with E-state index in [0.29, 0.717) is 48.3 Å². The van der Waals surface area contributed by atoms with Crippen LogP contribution < -0.4 is 19.1 Å². The summed E-state index contributed by atoms with van der Waals surface area (Å²) < 4.78 is 38.6. The molecule has 1 heterocycles. The summed E-state index contributed by atoms with van der Waals surface area (Å²) >= 11 is 0. The zero-order chi connectivity index (χ0) is 30.9. The van der Waals surface area contributed by atoms with Gasteiger partial charge in [-0.05, 0) is 66.1 Å². The van der Waals surface area contributed by atoms with Crippen LogP contribution in [0.2, 0.25) is 0 Å². The predicted molar refractivity (Wildman–Crippen MR) is 174 cm³/mol. The molecule has 0 aliphatic rings. The maximum atomic E-state index is 12.0. The monoisotopic (exact) mass is 604 g/mol. The van der Waals surface area contributed by atoms with E-state index in [1.54, 1.807) is 30.6 Å². The number of nitrogens with zero attached hydrogens (tertiary/aromatic N) is 3. The van der Waals surface area contributed by atoms with E-state index >= 15 is 0 Å². The van der Waals surface area contributed by atoms with E-state index in [1.165, 1.54) is 0 Å². The highest BCUT2D eigenvalue weighted by atomic mass is 32.2. The summed E-state index contributed by atoms with van der Waals surface area (Å²) in [5.41, 5.74) is 5.90. The first-order chi connectivity index (χ1) is 21.3. The van der Waals surface area contributed by atoms with Gasteiger partial charge in [0, 0.05) is 42.8 Å². The van der Waals surface area contributed by atoms with Crippen LogP contribution in [0.25, 0.3) is 4.85 Å². The van der Waals surface area contributed by atoms with E-state index in [0.717, 1.165) is 34.2 Å². The molecular weight excluding hydrogens is 572 g/mol. The number of hydrogen-bond acceptors (Lipinski definition) is 6. The molecule has 0 radical (unpaired) electrons.